The van der Waals surface area contributed by atoms with Gasteiger partial charge in [0.1, 0.15) is 5.82 Å². The molecule has 0 bridgehead atoms. The van der Waals surface area contributed by atoms with Crippen molar-refractivity contribution in [2.45, 2.75) is 24.7 Å². The molecule has 0 saturated carbocycles. The number of piperidine rings is 1. The van der Waals surface area contributed by atoms with E-state index in [1.807, 2.05) is 6.20 Å². The van der Waals surface area contributed by atoms with E-state index in [0.29, 0.717) is 5.41 Å². The second-order valence-electron chi connectivity index (χ2n) is 5.63. The van der Waals surface area contributed by atoms with E-state index in [9.17, 15) is 0 Å². The summed E-state index contributed by atoms with van der Waals surface area (Å²) in [6.45, 7) is 3.59. The number of aromatic nitrogens is 1. The number of pyridine rings is 1. The van der Waals surface area contributed by atoms with Crippen LogP contribution in [0.2, 0.25) is 0 Å². The van der Waals surface area contributed by atoms with Crippen molar-refractivity contribution >= 4 is 5.82 Å². The van der Waals surface area contributed by atoms with E-state index in [1.165, 1.54) is 43.7 Å². The van der Waals surface area contributed by atoms with Crippen molar-refractivity contribution in [2.24, 2.45) is 0 Å². The summed E-state index contributed by atoms with van der Waals surface area (Å²) < 4.78 is 0. The van der Waals surface area contributed by atoms with E-state index < -0.39 is 0 Å². The van der Waals surface area contributed by atoms with Crippen LogP contribution >= 0.6 is 0 Å². The standard InChI is InChI=1S/C14H21N3/c1-16-9-5-14(6-10-16)7-11-17(2)13-12(14)4-3-8-15-13/h3-4,8H,5-7,9-11H2,1-2H3. The number of nitrogens with zero attached hydrogens (tertiary/aromatic N) is 3. The third-order valence-electron chi connectivity index (χ3n) is 4.59. The Bertz CT molecular complexity index is 408. The predicted molar refractivity (Wildman–Crippen MR) is 70.5 cm³/mol. The van der Waals surface area contributed by atoms with Crippen molar-refractivity contribution in [1.29, 1.82) is 0 Å². The predicted octanol–water partition coefficient (Wildman–Crippen LogP) is 1.88. The van der Waals surface area contributed by atoms with Crippen LogP contribution < -0.4 is 4.90 Å². The Labute approximate surface area is 103 Å². The maximum Gasteiger partial charge on any atom is 0.132 e. The number of hydrogen-bond acceptors (Lipinski definition) is 3. The van der Waals surface area contributed by atoms with Crippen LogP contribution in [0.3, 0.4) is 0 Å². The van der Waals surface area contributed by atoms with Crippen molar-refractivity contribution in [2.75, 3.05) is 38.6 Å². The molecule has 3 heterocycles. The van der Waals surface area contributed by atoms with Gasteiger partial charge in [-0.25, -0.2) is 4.98 Å². The molecule has 0 radical (unpaired) electrons. The van der Waals surface area contributed by atoms with E-state index in [2.05, 4.69) is 41.0 Å². The summed E-state index contributed by atoms with van der Waals surface area (Å²) >= 11 is 0. The molecule has 0 N–H and O–H groups in total. The minimum absolute atomic E-state index is 0.405. The number of likely N-dealkylation sites (tertiary alicyclic amines) is 1. The second kappa shape index (κ2) is 3.98. The van der Waals surface area contributed by atoms with E-state index in [0.717, 1.165) is 6.54 Å². The fourth-order valence-electron chi connectivity index (χ4n) is 3.30. The molecule has 0 aliphatic carbocycles. The zero-order chi connectivity index (χ0) is 11.9. The number of hydrogen-bond donors (Lipinski definition) is 0. The summed E-state index contributed by atoms with van der Waals surface area (Å²) in [4.78, 5) is 9.33. The Morgan fingerprint density at radius 1 is 1.12 bits per heavy atom. The Kier molecular flexibility index (Phi) is 2.58. The molecule has 1 aromatic rings. The average Bonchev–Trinajstić information content (AvgIpc) is 2.38. The molecular formula is C14H21N3. The molecule has 1 spiro atoms. The molecule has 3 rings (SSSR count). The lowest BCUT2D eigenvalue weighted by Crippen LogP contribution is -2.46. The zero-order valence-electron chi connectivity index (χ0n) is 10.8. The first-order valence-electron chi connectivity index (χ1n) is 6.56. The first kappa shape index (κ1) is 11.0. The lowest BCUT2D eigenvalue weighted by molar-refractivity contribution is 0.175. The molecule has 3 heteroatoms. The van der Waals surface area contributed by atoms with E-state index in [4.69, 9.17) is 0 Å². The first-order valence-corrected chi connectivity index (χ1v) is 6.56. The molecule has 17 heavy (non-hydrogen) atoms. The normalized spacial score (nSPS) is 23.8. The van der Waals surface area contributed by atoms with Crippen LogP contribution in [0.25, 0.3) is 0 Å². The van der Waals surface area contributed by atoms with Gasteiger partial charge in [-0.1, -0.05) is 6.07 Å². The topological polar surface area (TPSA) is 19.4 Å². The molecule has 1 fully saturated rings. The minimum Gasteiger partial charge on any atom is -0.359 e. The van der Waals surface area contributed by atoms with Gasteiger partial charge < -0.3 is 9.80 Å². The SMILES string of the molecule is CN1CCC2(CC1)CCN(C)c1ncccc12. The highest BCUT2D eigenvalue weighted by molar-refractivity contribution is 5.53. The highest BCUT2D eigenvalue weighted by atomic mass is 15.2. The molecule has 0 aromatic carbocycles. The average molecular weight is 231 g/mol. The van der Waals surface area contributed by atoms with Crippen LogP contribution in [0.15, 0.2) is 18.3 Å². The van der Waals surface area contributed by atoms with Crippen molar-refractivity contribution in [3.63, 3.8) is 0 Å². The van der Waals surface area contributed by atoms with Gasteiger partial charge in [-0.15, -0.1) is 0 Å². The molecule has 1 saturated heterocycles. The Morgan fingerprint density at radius 3 is 2.59 bits per heavy atom. The Balaban J connectivity index is 2.00. The van der Waals surface area contributed by atoms with Crippen LogP contribution in [-0.2, 0) is 5.41 Å². The highest BCUT2D eigenvalue weighted by Gasteiger charge is 2.40. The minimum atomic E-state index is 0.405. The van der Waals surface area contributed by atoms with Crippen LogP contribution in [0.5, 0.6) is 0 Å². The highest BCUT2D eigenvalue weighted by Crippen LogP contribution is 2.44. The Morgan fingerprint density at radius 2 is 1.82 bits per heavy atom. The fourth-order valence-corrected chi connectivity index (χ4v) is 3.30. The smallest absolute Gasteiger partial charge is 0.132 e. The van der Waals surface area contributed by atoms with Gasteiger partial charge in [0, 0.05) is 30.8 Å². The summed E-state index contributed by atoms with van der Waals surface area (Å²) in [6.07, 6.45) is 5.78. The maximum absolute atomic E-state index is 4.58. The van der Waals surface area contributed by atoms with Gasteiger partial charge in [-0.2, -0.15) is 0 Å². The monoisotopic (exact) mass is 231 g/mol. The van der Waals surface area contributed by atoms with Crippen molar-refractivity contribution in [1.82, 2.24) is 9.88 Å². The molecule has 3 nitrogen and oxygen atoms in total. The molecule has 1 aromatic heterocycles. The number of fused-ring (bicyclic) bond motifs is 2. The summed E-state index contributed by atoms with van der Waals surface area (Å²) in [5, 5.41) is 0. The molecule has 0 atom stereocenters. The summed E-state index contributed by atoms with van der Waals surface area (Å²) in [5.74, 6) is 1.21. The van der Waals surface area contributed by atoms with Crippen LogP contribution in [0, 0.1) is 0 Å². The summed E-state index contributed by atoms with van der Waals surface area (Å²) in [5.41, 5.74) is 1.89. The van der Waals surface area contributed by atoms with Gasteiger partial charge in [-0.05, 0) is 45.5 Å². The van der Waals surface area contributed by atoms with Crippen molar-refractivity contribution in [3.05, 3.63) is 23.9 Å². The lowest BCUT2D eigenvalue weighted by Gasteiger charge is -2.46. The van der Waals surface area contributed by atoms with Gasteiger partial charge in [0.25, 0.3) is 0 Å². The Hall–Kier alpha value is -1.09. The number of anilines is 1. The first-order chi connectivity index (χ1) is 8.21. The third-order valence-corrected chi connectivity index (χ3v) is 4.59. The van der Waals surface area contributed by atoms with Crippen molar-refractivity contribution in [3.8, 4) is 0 Å². The van der Waals surface area contributed by atoms with Gasteiger partial charge in [0.05, 0.1) is 0 Å². The van der Waals surface area contributed by atoms with E-state index in [-0.39, 0.29) is 0 Å². The molecule has 0 amide bonds. The molecule has 2 aliphatic rings. The van der Waals surface area contributed by atoms with E-state index >= 15 is 0 Å². The van der Waals surface area contributed by atoms with Gasteiger partial charge in [-0.3, -0.25) is 0 Å². The number of rotatable bonds is 0. The van der Waals surface area contributed by atoms with Crippen LogP contribution in [-0.4, -0.2) is 43.6 Å². The van der Waals surface area contributed by atoms with Gasteiger partial charge in [0.2, 0.25) is 0 Å². The van der Waals surface area contributed by atoms with E-state index in [1.54, 1.807) is 0 Å². The third kappa shape index (κ3) is 1.73. The zero-order valence-corrected chi connectivity index (χ0v) is 10.8. The molecule has 2 aliphatic heterocycles. The van der Waals surface area contributed by atoms with Gasteiger partial charge in [0.15, 0.2) is 0 Å². The summed E-state index contributed by atoms with van der Waals surface area (Å²) in [6, 6.07) is 4.39. The molecule has 0 unspecified atom stereocenters. The summed E-state index contributed by atoms with van der Waals surface area (Å²) in [7, 11) is 4.39. The fraction of sp³-hybridized carbons (Fsp3) is 0.643. The quantitative estimate of drug-likeness (QED) is 0.679. The van der Waals surface area contributed by atoms with Gasteiger partial charge >= 0.3 is 0 Å². The lowest BCUT2D eigenvalue weighted by atomic mass is 9.69. The largest absolute Gasteiger partial charge is 0.359 e. The van der Waals surface area contributed by atoms with Crippen LogP contribution in [0.1, 0.15) is 24.8 Å². The molecule has 92 valence electrons. The van der Waals surface area contributed by atoms with Crippen LogP contribution in [0.4, 0.5) is 5.82 Å². The molecular weight excluding hydrogens is 210 g/mol. The second-order valence-corrected chi connectivity index (χ2v) is 5.63. The van der Waals surface area contributed by atoms with Crippen molar-refractivity contribution < 1.29 is 0 Å². The maximum atomic E-state index is 4.58.